The summed E-state index contributed by atoms with van der Waals surface area (Å²) in [7, 11) is 0. The van der Waals surface area contributed by atoms with E-state index in [2.05, 4.69) is 62.3 Å². The lowest BCUT2D eigenvalue weighted by molar-refractivity contribution is -0.130. The van der Waals surface area contributed by atoms with Crippen molar-refractivity contribution in [2.24, 2.45) is 11.8 Å². The van der Waals surface area contributed by atoms with E-state index in [-0.39, 0.29) is 17.6 Å². The number of benzene rings is 1. The van der Waals surface area contributed by atoms with Crippen LogP contribution in [0.5, 0.6) is 0 Å². The lowest BCUT2D eigenvalue weighted by Gasteiger charge is -2.35. The van der Waals surface area contributed by atoms with Crippen molar-refractivity contribution in [1.82, 2.24) is 9.88 Å². The number of piperidine rings is 1. The van der Waals surface area contributed by atoms with Crippen LogP contribution in [0.4, 0.5) is 5.13 Å². The van der Waals surface area contributed by atoms with Gasteiger partial charge < -0.3 is 10.2 Å². The molecule has 2 amide bonds. The molecule has 1 aliphatic rings. The van der Waals surface area contributed by atoms with E-state index < -0.39 is 0 Å². The summed E-state index contributed by atoms with van der Waals surface area (Å²) in [6.45, 7) is 10.4. The normalized spacial score (nSPS) is 19.2. The molecule has 0 spiro atoms. The maximum absolute atomic E-state index is 12.4. The molecule has 1 N–H and O–H groups in total. The molecule has 1 aromatic heterocycles. The fraction of sp³-hybridized carbons (Fsp3) is 0.522. The van der Waals surface area contributed by atoms with Crippen molar-refractivity contribution in [3.8, 4) is 11.3 Å². The van der Waals surface area contributed by atoms with E-state index in [0.29, 0.717) is 28.6 Å². The number of amides is 2. The second kappa shape index (κ2) is 10.4. The molecule has 0 radical (unpaired) electrons. The standard InChI is InChI=1S/C23H31N3O2S2/c1-15(2)18-5-7-19(8-6-18)20-12-30-23(24-20)25-21(27)13-29-14-22(28)26-10-16(3)9-17(4)11-26/h5-8,12,15-17H,9-11,13-14H2,1-4H3,(H,24,25,27)/t16-,17+. The minimum atomic E-state index is -0.121. The van der Waals surface area contributed by atoms with Crippen LogP contribution in [0.1, 0.15) is 45.6 Å². The first-order valence-corrected chi connectivity index (χ1v) is 12.6. The van der Waals surface area contributed by atoms with Crippen LogP contribution in [0.15, 0.2) is 29.6 Å². The summed E-state index contributed by atoms with van der Waals surface area (Å²) in [5.74, 6) is 2.20. The van der Waals surface area contributed by atoms with Crippen LogP contribution < -0.4 is 5.32 Å². The summed E-state index contributed by atoms with van der Waals surface area (Å²) in [5, 5.41) is 5.40. The molecule has 5 nitrogen and oxygen atoms in total. The molecule has 1 fully saturated rings. The quantitative estimate of drug-likeness (QED) is 0.643. The average molecular weight is 446 g/mol. The van der Waals surface area contributed by atoms with Crippen molar-refractivity contribution in [2.45, 2.75) is 40.0 Å². The van der Waals surface area contributed by atoms with E-state index in [9.17, 15) is 9.59 Å². The van der Waals surface area contributed by atoms with Gasteiger partial charge in [-0.05, 0) is 29.7 Å². The Labute approximate surface area is 187 Å². The summed E-state index contributed by atoms with van der Waals surface area (Å²) < 4.78 is 0. The highest BCUT2D eigenvalue weighted by Gasteiger charge is 2.25. The molecule has 2 heterocycles. The number of carbonyl (C=O) groups is 2. The first-order valence-electron chi connectivity index (χ1n) is 10.5. The van der Waals surface area contributed by atoms with Crippen LogP contribution in [0, 0.1) is 11.8 Å². The Morgan fingerprint density at radius 1 is 1.17 bits per heavy atom. The average Bonchev–Trinajstić information content (AvgIpc) is 3.15. The fourth-order valence-electron chi connectivity index (χ4n) is 3.85. The fourth-order valence-corrected chi connectivity index (χ4v) is 5.30. The van der Waals surface area contributed by atoms with Crippen molar-refractivity contribution in [3.05, 3.63) is 35.2 Å². The molecule has 7 heteroatoms. The SMILES string of the molecule is CC(C)c1ccc(-c2csc(NC(=O)CSCC(=O)N3C[C@H](C)C[C@H](C)C3)n2)cc1. The predicted molar refractivity (Wildman–Crippen MR) is 127 cm³/mol. The molecule has 0 saturated carbocycles. The molecule has 1 aliphatic heterocycles. The Morgan fingerprint density at radius 3 is 2.47 bits per heavy atom. The Kier molecular flexibility index (Phi) is 7.94. The van der Waals surface area contributed by atoms with Crippen LogP contribution in [0.3, 0.4) is 0 Å². The highest BCUT2D eigenvalue weighted by molar-refractivity contribution is 8.00. The Bertz CT molecular complexity index is 854. The molecule has 30 heavy (non-hydrogen) atoms. The first-order chi connectivity index (χ1) is 14.3. The number of thiazole rings is 1. The molecule has 0 unspecified atom stereocenters. The van der Waals surface area contributed by atoms with Crippen molar-refractivity contribution < 1.29 is 9.59 Å². The summed E-state index contributed by atoms with van der Waals surface area (Å²) in [6, 6.07) is 8.38. The molecule has 3 rings (SSSR count). The van der Waals surface area contributed by atoms with Crippen LogP contribution in [0.25, 0.3) is 11.3 Å². The smallest absolute Gasteiger partial charge is 0.236 e. The lowest BCUT2D eigenvalue weighted by Crippen LogP contribution is -2.43. The van der Waals surface area contributed by atoms with Gasteiger partial charge in [0.05, 0.1) is 17.2 Å². The third-order valence-corrected chi connectivity index (χ3v) is 6.98. The molecule has 2 atom stereocenters. The van der Waals surface area contributed by atoms with E-state index in [4.69, 9.17) is 0 Å². The third kappa shape index (κ3) is 6.32. The van der Waals surface area contributed by atoms with Crippen LogP contribution in [-0.4, -0.2) is 46.3 Å². The maximum atomic E-state index is 12.4. The van der Waals surface area contributed by atoms with Crippen molar-refractivity contribution in [2.75, 3.05) is 29.9 Å². The Balaban J connectivity index is 1.45. The molecular weight excluding hydrogens is 414 g/mol. The number of anilines is 1. The van der Waals surface area contributed by atoms with Crippen LogP contribution in [-0.2, 0) is 9.59 Å². The van der Waals surface area contributed by atoms with Gasteiger partial charge in [-0.25, -0.2) is 4.98 Å². The van der Waals surface area contributed by atoms with Crippen molar-refractivity contribution in [3.63, 3.8) is 0 Å². The number of carbonyl (C=O) groups excluding carboxylic acids is 2. The van der Waals surface area contributed by atoms with Gasteiger partial charge in [0.1, 0.15) is 0 Å². The monoisotopic (exact) mass is 445 g/mol. The molecule has 0 aliphatic carbocycles. The number of nitrogens with one attached hydrogen (secondary N) is 1. The zero-order chi connectivity index (χ0) is 21.7. The van der Waals surface area contributed by atoms with Gasteiger partial charge >= 0.3 is 0 Å². The minimum Gasteiger partial charge on any atom is -0.341 e. The number of nitrogens with zero attached hydrogens (tertiary/aromatic N) is 2. The van der Waals surface area contributed by atoms with E-state index in [1.165, 1.54) is 35.1 Å². The number of likely N-dealkylation sites (tertiary alicyclic amines) is 1. The number of hydrogen-bond acceptors (Lipinski definition) is 5. The zero-order valence-corrected chi connectivity index (χ0v) is 19.8. The van der Waals surface area contributed by atoms with Gasteiger partial charge in [-0.3, -0.25) is 9.59 Å². The number of rotatable bonds is 7. The first kappa shape index (κ1) is 22.8. The Morgan fingerprint density at radius 2 is 1.83 bits per heavy atom. The zero-order valence-electron chi connectivity index (χ0n) is 18.2. The van der Waals surface area contributed by atoms with Crippen LogP contribution in [0.2, 0.25) is 0 Å². The van der Waals surface area contributed by atoms with E-state index in [1.807, 2.05) is 10.3 Å². The third-order valence-electron chi connectivity index (χ3n) is 5.30. The highest BCUT2D eigenvalue weighted by atomic mass is 32.2. The second-order valence-corrected chi connectivity index (χ2v) is 10.4. The minimum absolute atomic E-state index is 0.121. The number of thioether (sulfide) groups is 1. The van der Waals surface area contributed by atoms with Crippen molar-refractivity contribution >= 4 is 40.0 Å². The summed E-state index contributed by atoms with van der Waals surface area (Å²) >= 11 is 2.78. The van der Waals surface area contributed by atoms with Gasteiger partial charge in [0, 0.05) is 24.0 Å². The number of aromatic nitrogens is 1. The largest absolute Gasteiger partial charge is 0.341 e. The van der Waals surface area contributed by atoms with Gasteiger partial charge in [-0.15, -0.1) is 23.1 Å². The van der Waals surface area contributed by atoms with Gasteiger partial charge in [0.15, 0.2) is 5.13 Å². The highest BCUT2D eigenvalue weighted by Crippen LogP contribution is 2.27. The molecular formula is C23H31N3O2S2. The van der Waals surface area contributed by atoms with Gasteiger partial charge in [0.2, 0.25) is 11.8 Å². The second-order valence-electron chi connectivity index (χ2n) is 8.60. The summed E-state index contributed by atoms with van der Waals surface area (Å²) in [5.41, 5.74) is 3.20. The summed E-state index contributed by atoms with van der Waals surface area (Å²) in [4.78, 5) is 31.1. The molecule has 0 bridgehead atoms. The predicted octanol–water partition coefficient (Wildman–Crippen LogP) is 5.11. The Hall–Kier alpha value is -1.86. The number of hydrogen-bond donors (Lipinski definition) is 1. The van der Waals surface area contributed by atoms with Gasteiger partial charge in [-0.2, -0.15) is 0 Å². The van der Waals surface area contributed by atoms with Gasteiger partial charge in [-0.1, -0.05) is 52.0 Å². The molecule has 162 valence electrons. The molecule has 2 aromatic rings. The van der Waals surface area contributed by atoms with Crippen LogP contribution >= 0.6 is 23.1 Å². The topological polar surface area (TPSA) is 62.3 Å². The molecule has 1 aromatic carbocycles. The van der Waals surface area contributed by atoms with E-state index >= 15 is 0 Å². The summed E-state index contributed by atoms with van der Waals surface area (Å²) in [6.07, 6.45) is 1.18. The van der Waals surface area contributed by atoms with E-state index in [0.717, 1.165) is 24.3 Å². The van der Waals surface area contributed by atoms with E-state index in [1.54, 1.807) is 0 Å². The van der Waals surface area contributed by atoms with Crippen molar-refractivity contribution in [1.29, 1.82) is 0 Å². The molecule has 1 saturated heterocycles. The van der Waals surface area contributed by atoms with Gasteiger partial charge in [0.25, 0.3) is 0 Å². The maximum Gasteiger partial charge on any atom is 0.236 e. The lowest BCUT2D eigenvalue weighted by atomic mass is 9.92.